The third kappa shape index (κ3) is 7.99. The number of aromatic nitrogens is 1. The molecule has 1 aliphatic rings. The number of aliphatic carboxylic acids is 1. The zero-order chi connectivity index (χ0) is 30.4. The standard InChI is InChI=1S/C36H40N2O5/c1-36(2,3)27-15-18-28(19-16-27)43-29-17-14-26-20-31(37-34(30(26)21-29)25-12-8-5-9-13-25)35(41)38-32(22-33(39)40)42-23-24-10-6-4-7-11-24/h4,6-7,10-11,14-21,25,32H,5,8-9,12-13,22-23H2,1-3H3,(H,38,41)(H,39,40). The van der Waals surface area contributed by atoms with Crippen molar-refractivity contribution >= 4 is 22.6 Å². The Labute approximate surface area is 253 Å². The molecular weight excluding hydrogens is 540 g/mol. The second kappa shape index (κ2) is 13.4. The summed E-state index contributed by atoms with van der Waals surface area (Å²) in [4.78, 5) is 29.9. The third-order valence-corrected chi connectivity index (χ3v) is 7.96. The molecule has 7 heteroatoms. The fourth-order valence-corrected chi connectivity index (χ4v) is 5.58. The van der Waals surface area contributed by atoms with Crippen molar-refractivity contribution in [2.45, 2.75) is 83.5 Å². The van der Waals surface area contributed by atoms with Gasteiger partial charge in [0, 0.05) is 11.3 Å². The van der Waals surface area contributed by atoms with Gasteiger partial charge in [-0.05, 0) is 65.1 Å². The molecule has 1 saturated carbocycles. The van der Waals surface area contributed by atoms with Crippen LogP contribution in [0.3, 0.4) is 0 Å². The molecule has 0 aliphatic heterocycles. The van der Waals surface area contributed by atoms with Crippen LogP contribution in [0.4, 0.5) is 0 Å². The van der Waals surface area contributed by atoms with E-state index >= 15 is 0 Å². The minimum absolute atomic E-state index is 0.0632. The lowest BCUT2D eigenvalue weighted by Crippen LogP contribution is -2.39. The maximum absolute atomic E-state index is 13.5. The monoisotopic (exact) mass is 580 g/mol. The Kier molecular flexibility index (Phi) is 9.41. The first-order valence-corrected chi connectivity index (χ1v) is 15.1. The number of rotatable bonds is 10. The van der Waals surface area contributed by atoms with E-state index in [2.05, 4.69) is 38.2 Å². The zero-order valence-electron chi connectivity index (χ0n) is 25.1. The van der Waals surface area contributed by atoms with Crippen LogP contribution in [0, 0.1) is 0 Å². The first-order chi connectivity index (χ1) is 20.7. The van der Waals surface area contributed by atoms with E-state index in [1.165, 1.54) is 12.0 Å². The molecule has 43 heavy (non-hydrogen) atoms. The second-order valence-corrected chi connectivity index (χ2v) is 12.3. The summed E-state index contributed by atoms with van der Waals surface area (Å²) < 4.78 is 12.1. The Balaban J connectivity index is 1.41. The first kappa shape index (κ1) is 30.2. The Hall–Kier alpha value is -4.23. The quantitative estimate of drug-likeness (QED) is 0.184. The van der Waals surface area contributed by atoms with Crippen molar-refractivity contribution in [3.8, 4) is 11.5 Å². The summed E-state index contributed by atoms with van der Waals surface area (Å²) in [5.74, 6) is 0.179. The normalized spacial score (nSPS) is 14.8. The van der Waals surface area contributed by atoms with Gasteiger partial charge in [0.05, 0.1) is 18.7 Å². The van der Waals surface area contributed by atoms with E-state index in [0.717, 1.165) is 53.5 Å². The molecule has 224 valence electrons. The van der Waals surface area contributed by atoms with Crippen LogP contribution >= 0.6 is 0 Å². The van der Waals surface area contributed by atoms with Crippen LogP contribution in [0.15, 0.2) is 78.9 Å². The van der Waals surface area contributed by atoms with E-state index < -0.39 is 18.1 Å². The molecule has 0 saturated heterocycles. The van der Waals surface area contributed by atoms with Crippen molar-refractivity contribution in [3.05, 3.63) is 101 Å². The lowest BCUT2D eigenvalue weighted by Gasteiger charge is -2.24. The van der Waals surface area contributed by atoms with Crippen LogP contribution in [0.2, 0.25) is 0 Å². The summed E-state index contributed by atoms with van der Waals surface area (Å²) in [7, 11) is 0. The van der Waals surface area contributed by atoms with Gasteiger partial charge >= 0.3 is 5.97 Å². The summed E-state index contributed by atoms with van der Waals surface area (Å²) in [5.41, 5.74) is 3.32. The fraction of sp³-hybridized carbons (Fsp3) is 0.361. The average Bonchev–Trinajstić information content (AvgIpc) is 3.00. The number of fused-ring (bicyclic) bond motifs is 1. The Morgan fingerprint density at radius 3 is 2.30 bits per heavy atom. The molecule has 1 aliphatic carbocycles. The third-order valence-electron chi connectivity index (χ3n) is 7.96. The number of amides is 1. The van der Waals surface area contributed by atoms with Crippen LogP contribution in [0.1, 0.15) is 92.5 Å². The van der Waals surface area contributed by atoms with Gasteiger partial charge in [-0.15, -0.1) is 0 Å². The van der Waals surface area contributed by atoms with Crippen LogP contribution in [0.5, 0.6) is 11.5 Å². The number of benzene rings is 3. The SMILES string of the molecule is CC(C)(C)c1ccc(Oc2ccc3cc(C(=O)NC(CC(=O)O)OCc4ccccc4)nc(C4CCCCC4)c3c2)cc1. The van der Waals surface area contributed by atoms with Crippen molar-refractivity contribution in [2.24, 2.45) is 0 Å². The molecule has 1 fully saturated rings. The molecule has 7 nitrogen and oxygen atoms in total. The second-order valence-electron chi connectivity index (χ2n) is 12.3. The minimum atomic E-state index is -1.06. The number of ether oxygens (including phenoxy) is 2. The molecule has 0 spiro atoms. The number of hydrogen-bond donors (Lipinski definition) is 2. The number of carboxylic acid groups (broad SMARTS) is 1. The highest BCUT2D eigenvalue weighted by Crippen LogP contribution is 2.37. The van der Waals surface area contributed by atoms with Crippen LogP contribution in [-0.4, -0.2) is 28.2 Å². The van der Waals surface area contributed by atoms with Gasteiger partial charge in [0.25, 0.3) is 5.91 Å². The van der Waals surface area contributed by atoms with Crippen LogP contribution in [0.25, 0.3) is 10.8 Å². The first-order valence-electron chi connectivity index (χ1n) is 15.1. The topological polar surface area (TPSA) is 97.8 Å². The molecule has 1 amide bonds. The number of nitrogens with one attached hydrogen (secondary N) is 1. The molecule has 1 unspecified atom stereocenters. The molecule has 0 bridgehead atoms. The molecule has 3 aromatic carbocycles. The molecule has 1 aromatic heterocycles. The molecular formula is C36H40N2O5. The van der Waals surface area contributed by atoms with Gasteiger partial charge in [-0.25, -0.2) is 4.98 Å². The van der Waals surface area contributed by atoms with Gasteiger partial charge < -0.3 is 19.9 Å². The van der Waals surface area contributed by atoms with Gasteiger partial charge in [0.1, 0.15) is 23.4 Å². The van der Waals surface area contributed by atoms with Gasteiger partial charge in [0.2, 0.25) is 0 Å². The highest BCUT2D eigenvalue weighted by atomic mass is 16.5. The molecule has 0 radical (unpaired) electrons. The largest absolute Gasteiger partial charge is 0.481 e. The summed E-state index contributed by atoms with van der Waals surface area (Å²) in [6.45, 7) is 6.74. The Morgan fingerprint density at radius 2 is 1.63 bits per heavy atom. The van der Waals surface area contributed by atoms with Gasteiger partial charge in [-0.1, -0.05) is 88.6 Å². The highest BCUT2D eigenvalue weighted by Gasteiger charge is 2.24. The average molecular weight is 581 g/mol. The smallest absolute Gasteiger partial charge is 0.307 e. The number of carbonyl (C=O) groups excluding carboxylic acids is 1. The molecule has 2 N–H and O–H groups in total. The maximum atomic E-state index is 13.5. The van der Waals surface area contributed by atoms with E-state index in [4.69, 9.17) is 14.5 Å². The van der Waals surface area contributed by atoms with Crippen molar-refractivity contribution in [1.82, 2.24) is 10.3 Å². The summed E-state index contributed by atoms with van der Waals surface area (Å²) in [6, 6.07) is 25.3. The summed E-state index contributed by atoms with van der Waals surface area (Å²) in [5, 5.41) is 14.1. The van der Waals surface area contributed by atoms with Gasteiger partial charge in [-0.2, -0.15) is 0 Å². The Bertz CT molecular complexity index is 1550. The number of hydrogen-bond acceptors (Lipinski definition) is 5. The summed E-state index contributed by atoms with van der Waals surface area (Å²) in [6.07, 6.45) is 4.09. The number of pyridine rings is 1. The maximum Gasteiger partial charge on any atom is 0.307 e. The van der Waals surface area contributed by atoms with E-state index in [1.807, 2.05) is 60.7 Å². The van der Waals surface area contributed by atoms with E-state index in [-0.39, 0.29) is 30.1 Å². The molecule has 1 heterocycles. The minimum Gasteiger partial charge on any atom is -0.481 e. The molecule has 1 atom stereocenters. The predicted octanol–water partition coefficient (Wildman–Crippen LogP) is 8.12. The van der Waals surface area contributed by atoms with Crippen LogP contribution < -0.4 is 10.1 Å². The Morgan fingerprint density at radius 1 is 0.930 bits per heavy atom. The van der Waals surface area contributed by atoms with E-state index in [0.29, 0.717) is 5.75 Å². The lowest BCUT2D eigenvalue weighted by molar-refractivity contribution is -0.140. The molecule has 4 aromatic rings. The molecule has 5 rings (SSSR count). The fourth-order valence-electron chi connectivity index (χ4n) is 5.58. The number of carboxylic acids is 1. The van der Waals surface area contributed by atoms with Crippen LogP contribution in [-0.2, 0) is 21.6 Å². The summed E-state index contributed by atoms with van der Waals surface area (Å²) >= 11 is 0. The van der Waals surface area contributed by atoms with Crippen molar-refractivity contribution in [2.75, 3.05) is 0 Å². The van der Waals surface area contributed by atoms with Gasteiger partial charge in [0.15, 0.2) is 0 Å². The predicted molar refractivity (Wildman–Crippen MR) is 168 cm³/mol. The number of nitrogens with zero attached hydrogens (tertiary/aromatic N) is 1. The zero-order valence-corrected chi connectivity index (χ0v) is 25.1. The van der Waals surface area contributed by atoms with Crippen molar-refractivity contribution in [1.29, 1.82) is 0 Å². The highest BCUT2D eigenvalue weighted by molar-refractivity contribution is 5.98. The number of carbonyl (C=O) groups is 2. The van der Waals surface area contributed by atoms with E-state index in [1.54, 1.807) is 6.07 Å². The lowest BCUT2D eigenvalue weighted by atomic mass is 9.84. The van der Waals surface area contributed by atoms with E-state index in [9.17, 15) is 14.7 Å². The van der Waals surface area contributed by atoms with Crippen molar-refractivity contribution < 1.29 is 24.2 Å². The van der Waals surface area contributed by atoms with Crippen molar-refractivity contribution in [3.63, 3.8) is 0 Å². The van der Waals surface area contributed by atoms with Gasteiger partial charge in [-0.3, -0.25) is 9.59 Å².